The fourth-order valence-corrected chi connectivity index (χ4v) is 4.57. The minimum absolute atomic E-state index is 0.381. The molecule has 1 amide bonds. The van der Waals surface area contributed by atoms with Crippen molar-refractivity contribution in [2.75, 3.05) is 6.61 Å². The van der Waals surface area contributed by atoms with E-state index in [-0.39, 0.29) is 6.61 Å². The number of aliphatic hydroxyl groups is 3. The second-order valence-corrected chi connectivity index (χ2v) is 11.0. The number of hydrogen-bond acceptors (Lipinski definition) is 4. The Hall–Kier alpha value is -1.43. The molecule has 5 nitrogen and oxygen atoms in total. The molecule has 0 aromatic heterocycles. The first-order valence-corrected chi connectivity index (χ1v) is 16.3. The molecule has 0 aromatic carbocycles. The molecule has 0 fully saturated rings. The summed E-state index contributed by atoms with van der Waals surface area (Å²) in [6.45, 7) is 4.06. The second-order valence-electron chi connectivity index (χ2n) is 11.0. The molecule has 0 bridgehead atoms. The summed E-state index contributed by atoms with van der Waals surface area (Å²) in [5.41, 5.74) is 0. The van der Waals surface area contributed by atoms with E-state index < -0.39 is 24.2 Å². The van der Waals surface area contributed by atoms with Crippen LogP contribution in [-0.4, -0.2) is 46.1 Å². The molecule has 3 atom stereocenters. The zero-order valence-corrected chi connectivity index (χ0v) is 25.5. The van der Waals surface area contributed by atoms with Crippen molar-refractivity contribution >= 4 is 5.91 Å². The van der Waals surface area contributed by atoms with Gasteiger partial charge in [-0.15, -0.1) is 0 Å². The highest BCUT2D eigenvalue weighted by molar-refractivity contribution is 5.80. The molecule has 5 heteroatoms. The van der Waals surface area contributed by atoms with Crippen molar-refractivity contribution in [1.29, 1.82) is 0 Å². The zero-order valence-electron chi connectivity index (χ0n) is 25.5. The van der Waals surface area contributed by atoms with E-state index in [1.807, 2.05) is 6.08 Å². The summed E-state index contributed by atoms with van der Waals surface area (Å²) >= 11 is 0. The minimum Gasteiger partial charge on any atom is -0.394 e. The average molecular weight is 550 g/mol. The van der Waals surface area contributed by atoms with Gasteiger partial charge in [0.1, 0.15) is 6.10 Å². The summed E-state index contributed by atoms with van der Waals surface area (Å²) in [5, 5.41) is 32.7. The number of hydrogen-bond donors (Lipinski definition) is 4. The molecule has 4 N–H and O–H groups in total. The van der Waals surface area contributed by atoms with Gasteiger partial charge in [0, 0.05) is 0 Å². The van der Waals surface area contributed by atoms with Gasteiger partial charge in [0.05, 0.1) is 18.8 Å². The van der Waals surface area contributed by atoms with Gasteiger partial charge in [0.2, 0.25) is 5.91 Å². The number of nitrogens with one attached hydrogen (secondary N) is 1. The molecule has 0 rings (SSSR count). The lowest BCUT2D eigenvalue weighted by Gasteiger charge is -2.21. The molecule has 0 aliphatic rings. The van der Waals surface area contributed by atoms with Crippen molar-refractivity contribution < 1.29 is 20.1 Å². The number of amides is 1. The molecule has 0 saturated carbocycles. The van der Waals surface area contributed by atoms with E-state index in [1.165, 1.54) is 77.0 Å². The largest absolute Gasteiger partial charge is 0.394 e. The summed E-state index contributed by atoms with van der Waals surface area (Å²) < 4.78 is 0. The number of allylic oxidation sites excluding steroid dienone is 5. The van der Waals surface area contributed by atoms with Gasteiger partial charge >= 0.3 is 0 Å². The second kappa shape index (κ2) is 29.6. The molecular weight excluding hydrogens is 486 g/mol. The van der Waals surface area contributed by atoms with Crippen molar-refractivity contribution in [1.82, 2.24) is 5.32 Å². The summed E-state index contributed by atoms with van der Waals surface area (Å²) in [6.07, 6.45) is 34.4. The Morgan fingerprint density at radius 3 is 1.51 bits per heavy atom. The summed E-state index contributed by atoms with van der Waals surface area (Å²) in [6, 6.07) is -0.815. The standard InChI is InChI=1S/C34H63NO4/c1-3-5-7-9-11-13-15-16-17-19-21-23-25-27-29-33(38)34(39)35-31(30-36)32(37)28-26-24-22-20-18-14-12-10-8-6-4-2/h8,10,18,20,26,28,31-33,36-38H,3-7,9,11-17,19,21-25,27,29-30H2,1-2H3,(H,35,39)/b10-8+,20-18+,28-26+. The van der Waals surface area contributed by atoms with Crippen LogP contribution in [-0.2, 0) is 4.79 Å². The van der Waals surface area contributed by atoms with E-state index in [1.54, 1.807) is 6.08 Å². The van der Waals surface area contributed by atoms with E-state index in [0.29, 0.717) is 6.42 Å². The maximum absolute atomic E-state index is 12.3. The first-order chi connectivity index (χ1) is 19.1. The van der Waals surface area contributed by atoms with Gasteiger partial charge in [0.15, 0.2) is 0 Å². The Morgan fingerprint density at radius 1 is 0.615 bits per heavy atom. The predicted octanol–water partition coefficient (Wildman–Crippen LogP) is 8.09. The highest BCUT2D eigenvalue weighted by Crippen LogP contribution is 2.14. The Bertz CT molecular complexity index is 616. The minimum atomic E-state index is -1.10. The lowest BCUT2D eigenvalue weighted by Crippen LogP contribution is -2.48. The fourth-order valence-electron chi connectivity index (χ4n) is 4.57. The van der Waals surface area contributed by atoms with Crippen molar-refractivity contribution in [3.63, 3.8) is 0 Å². The molecule has 3 unspecified atom stereocenters. The smallest absolute Gasteiger partial charge is 0.249 e. The van der Waals surface area contributed by atoms with Crippen molar-refractivity contribution in [3.05, 3.63) is 36.5 Å². The maximum Gasteiger partial charge on any atom is 0.249 e. The molecule has 0 saturated heterocycles. The number of unbranched alkanes of at least 4 members (excludes halogenated alkanes) is 16. The van der Waals surface area contributed by atoms with Crippen LogP contribution in [0.15, 0.2) is 36.5 Å². The normalized spacial score (nSPS) is 14.5. The Morgan fingerprint density at radius 2 is 1.05 bits per heavy atom. The van der Waals surface area contributed by atoms with E-state index in [9.17, 15) is 20.1 Å². The quantitative estimate of drug-likeness (QED) is 0.0586. The monoisotopic (exact) mass is 549 g/mol. The number of aliphatic hydroxyl groups excluding tert-OH is 3. The van der Waals surface area contributed by atoms with Crippen LogP contribution in [0.4, 0.5) is 0 Å². The Balaban J connectivity index is 3.84. The first-order valence-electron chi connectivity index (χ1n) is 16.3. The van der Waals surface area contributed by atoms with Crippen molar-refractivity contribution in [3.8, 4) is 0 Å². The van der Waals surface area contributed by atoms with E-state index >= 15 is 0 Å². The SMILES string of the molecule is CCC/C=C/CC/C=C/CC/C=C/C(O)C(CO)NC(=O)C(O)CCCCCCCCCCCCCCCC. The number of carbonyl (C=O) groups excluding carboxylic acids is 1. The molecule has 0 aliphatic heterocycles. The van der Waals surface area contributed by atoms with Crippen LogP contribution in [0.2, 0.25) is 0 Å². The number of rotatable bonds is 28. The molecule has 0 heterocycles. The average Bonchev–Trinajstić information content (AvgIpc) is 2.94. The van der Waals surface area contributed by atoms with E-state index in [2.05, 4.69) is 43.5 Å². The number of carbonyl (C=O) groups is 1. The van der Waals surface area contributed by atoms with Gasteiger partial charge in [-0.05, 0) is 38.5 Å². The highest BCUT2D eigenvalue weighted by atomic mass is 16.3. The lowest BCUT2D eigenvalue weighted by molar-refractivity contribution is -0.131. The molecule has 0 radical (unpaired) electrons. The lowest BCUT2D eigenvalue weighted by atomic mass is 10.0. The van der Waals surface area contributed by atoms with Gasteiger partial charge in [-0.25, -0.2) is 0 Å². The van der Waals surface area contributed by atoms with Crippen LogP contribution < -0.4 is 5.32 Å². The van der Waals surface area contributed by atoms with E-state index in [0.717, 1.165) is 51.4 Å². The molecule has 0 spiro atoms. The summed E-state index contributed by atoms with van der Waals surface area (Å²) in [7, 11) is 0. The van der Waals surface area contributed by atoms with Gasteiger partial charge in [-0.1, -0.05) is 147 Å². The Labute approximate surface area is 241 Å². The van der Waals surface area contributed by atoms with Gasteiger partial charge in [-0.3, -0.25) is 4.79 Å². The van der Waals surface area contributed by atoms with Crippen LogP contribution >= 0.6 is 0 Å². The van der Waals surface area contributed by atoms with Gasteiger partial charge in [0.25, 0.3) is 0 Å². The topological polar surface area (TPSA) is 89.8 Å². The third-order valence-electron chi connectivity index (χ3n) is 7.19. The summed E-state index contributed by atoms with van der Waals surface area (Å²) in [4.78, 5) is 12.3. The Kier molecular flexibility index (Phi) is 28.5. The van der Waals surface area contributed by atoms with Crippen LogP contribution in [0.3, 0.4) is 0 Å². The highest BCUT2D eigenvalue weighted by Gasteiger charge is 2.22. The fraction of sp³-hybridized carbons (Fsp3) is 0.794. The third-order valence-corrected chi connectivity index (χ3v) is 7.19. The molecule has 228 valence electrons. The van der Waals surface area contributed by atoms with E-state index in [4.69, 9.17) is 0 Å². The molecule has 39 heavy (non-hydrogen) atoms. The predicted molar refractivity (Wildman–Crippen MR) is 167 cm³/mol. The van der Waals surface area contributed by atoms with Gasteiger partial charge in [-0.2, -0.15) is 0 Å². The molecule has 0 aromatic rings. The first kappa shape index (κ1) is 37.6. The van der Waals surface area contributed by atoms with Crippen LogP contribution in [0.5, 0.6) is 0 Å². The zero-order chi connectivity index (χ0) is 28.8. The van der Waals surface area contributed by atoms with Crippen LogP contribution in [0, 0.1) is 0 Å². The summed E-state index contributed by atoms with van der Waals surface area (Å²) in [5.74, 6) is -0.521. The third kappa shape index (κ3) is 25.3. The molecular formula is C34H63NO4. The van der Waals surface area contributed by atoms with Crippen molar-refractivity contribution in [2.45, 2.75) is 167 Å². The maximum atomic E-state index is 12.3. The molecule has 0 aliphatic carbocycles. The van der Waals surface area contributed by atoms with Crippen molar-refractivity contribution in [2.24, 2.45) is 0 Å². The van der Waals surface area contributed by atoms with Crippen LogP contribution in [0.25, 0.3) is 0 Å². The van der Waals surface area contributed by atoms with Gasteiger partial charge < -0.3 is 20.6 Å². The van der Waals surface area contributed by atoms with Crippen LogP contribution in [0.1, 0.15) is 149 Å².